The Morgan fingerprint density at radius 2 is 1.23 bits per heavy atom. The highest BCUT2D eigenvalue weighted by molar-refractivity contribution is 6.51. The zero-order chi connectivity index (χ0) is 18.4. The summed E-state index contributed by atoms with van der Waals surface area (Å²) in [4.78, 5) is 12.9. The van der Waals surface area contributed by atoms with E-state index >= 15 is 0 Å². The molecule has 0 unspecified atom stereocenters. The molecule has 0 bridgehead atoms. The molecule has 3 nitrogen and oxygen atoms in total. The lowest BCUT2D eigenvalue weighted by Crippen LogP contribution is -2.15. The standard InChI is InChI=1S/C22H17ClN2O/c1-16(17-12-14-20(23)15-13-17)24-25-21(18-8-4-2-5-9-18)22(26)19-10-6-3-7-11-19/h2-15H,1H3/b24-16-,25-21-. The molecule has 0 fully saturated rings. The molecular weight excluding hydrogens is 344 g/mol. The van der Waals surface area contributed by atoms with Crippen LogP contribution in [-0.4, -0.2) is 17.2 Å². The van der Waals surface area contributed by atoms with Gasteiger partial charge < -0.3 is 0 Å². The molecule has 0 amide bonds. The maximum absolute atomic E-state index is 12.9. The van der Waals surface area contributed by atoms with Gasteiger partial charge in [-0.25, -0.2) is 0 Å². The van der Waals surface area contributed by atoms with Gasteiger partial charge in [0.2, 0.25) is 5.78 Å². The molecule has 26 heavy (non-hydrogen) atoms. The zero-order valence-corrected chi connectivity index (χ0v) is 15.0. The lowest BCUT2D eigenvalue weighted by atomic mass is 10.0. The molecule has 0 spiro atoms. The molecule has 0 aliphatic carbocycles. The van der Waals surface area contributed by atoms with Crippen LogP contribution in [0.4, 0.5) is 0 Å². The highest BCUT2D eigenvalue weighted by Crippen LogP contribution is 2.12. The minimum atomic E-state index is -0.163. The largest absolute Gasteiger partial charge is 0.287 e. The first kappa shape index (κ1) is 17.8. The highest BCUT2D eigenvalue weighted by atomic mass is 35.5. The zero-order valence-electron chi connectivity index (χ0n) is 14.3. The first-order chi connectivity index (χ1) is 12.6. The van der Waals surface area contributed by atoms with Crippen LogP contribution in [0.2, 0.25) is 5.02 Å². The van der Waals surface area contributed by atoms with E-state index in [9.17, 15) is 4.79 Å². The molecule has 0 radical (unpaired) electrons. The van der Waals surface area contributed by atoms with E-state index in [1.165, 1.54) is 0 Å². The number of carbonyl (C=O) groups is 1. The molecule has 0 saturated heterocycles. The molecule has 0 aliphatic rings. The number of nitrogens with zero attached hydrogens (tertiary/aromatic N) is 2. The van der Waals surface area contributed by atoms with Crippen molar-refractivity contribution in [3.63, 3.8) is 0 Å². The number of Topliss-reactive ketones (excluding diaryl/α,β-unsaturated/α-hetero) is 1. The Morgan fingerprint density at radius 3 is 1.81 bits per heavy atom. The Morgan fingerprint density at radius 1 is 0.692 bits per heavy atom. The van der Waals surface area contributed by atoms with Gasteiger partial charge in [0, 0.05) is 16.1 Å². The van der Waals surface area contributed by atoms with Crippen LogP contribution in [0.5, 0.6) is 0 Å². The number of ketones is 1. The van der Waals surface area contributed by atoms with Crippen molar-refractivity contribution >= 4 is 28.8 Å². The van der Waals surface area contributed by atoms with Gasteiger partial charge in [-0.1, -0.05) is 84.4 Å². The van der Waals surface area contributed by atoms with E-state index in [0.29, 0.717) is 22.0 Å². The topological polar surface area (TPSA) is 41.8 Å². The van der Waals surface area contributed by atoms with Gasteiger partial charge in [0.1, 0.15) is 5.71 Å². The third-order valence-electron chi connectivity index (χ3n) is 3.86. The van der Waals surface area contributed by atoms with Gasteiger partial charge in [0.15, 0.2) is 0 Å². The molecule has 0 atom stereocenters. The summed E-state index contributed by atoms with van der Waals surface area (Å²) in [5, 5.41) is 9.24. The molecule has 0 N–H and O–H groups in total. The second kappa shape index (κ2) is 8.37. The quantitative estimate of drug-likeness (QED) is 0.339. The van der Waals surface area contributed by atoms with Crippen LogP contribution in [0, 0.1) is 0 Å². The third-order valence-corrected chi connectivity index (χ3v) is 4.11. The average Bonchev–Trinajstić information content (AvgIpc) is 2.70. The van der Waals surface area contributed by atoms with Gasteiger partial charge in [-0.2, -0.15) is 5.10 Å². The van der Waals surface area contributed by atoms with E-state index in [0.717, 1.165) is 11.1 Å². The Kier molecular flexibility index (Phi) is 5.72. The van der Waals surface area contributed by atoms with Crippen LogP contribution in [0.3, 0.4) is 0 Å². The Hall–Kier alpha value is -3.04. The minimum Gasteiger partial charge on any atom is -0.287 e. The normalized spacial score (nSPS) is 12.1. The number of hydrogen-bond donors (Lipinski definition) is 0. The fraction of sp³-hybridized carbons (Fsp3) is 0.0455. The fourth-order valence-corrected chi connectivity index (χ4v) is 2.56. The summed E-state index contributed by atoms with van der Waals surface area (Å²) in [6.07, 6.45) is 0. The lowest BCUT2D eigenvalue weighted by molar-refractivity contribution is 0.106. The van der Waals surface area contributed by atoms with Crippen molar-refractivity contribution in [2.24, 2.45) is 10.2 Å². The second-order valence-electron chi connectivity index (χ2n) is 5.70. The van der Waals surface area contributed by atoms with E-state index < -0.39 is 0 Å². The van der Waals surface area contributed by atoms with E-state index in [4.69, 9.17) is 11.6 Å². The predicted octanol–water partition coefficient (Wildman–Crippen LogP) is 5.44. The smallest absolute Gasteiger partial charge is 0.213 e. The minimum absolute atomic E-state index is 0.163. The third kappa shape index (κ3) is 4.32. The van der Waals surface area contributed by atoms with E-state index in [2.05, 4.69) is 10.2 Å². The van der Waals surface area contributed by atoms with Crippen LogP contribution in [0.15, 0.2) is 95.1 Å². The van der Waals surface area contributed by atoms with Gasteiger partial charge in [-0.05, 0) is 24.6 Å². The molecule has 3 aromatic carbocycles. The average molecular weight is 361 g/mol. The number of rotatable bonds is 5. The van der Waals surface area contributed by atoms with Crippen molar-refractivity contribution in [1.82, 2.24) is 0 Å². The van der Waals surface area contributed by atoms with Gasteiger partial charge >= 0.3 is 0 Å². The van der Waals surface area contributed by atoms with Crippen molar-refractivity contribution in [3.05, 3.63) is 107 Å². The van der Waals surface area contributed by atoms with Crippen LogP contribution in [0.25, 0.3) is 0 Å². The van der Waals surface area contributed by atoms with Crippen molar-refractivity contribution in [1.29, 1.82) is 0 Å². The maximum atomic E-state index is 12.9. The predicted molar refractivity (Wildman–Crippen MR) is 107 cm³/mol. The molecule has 0 aliphatic heterocycles. The van der Waals surface area contributed by atoms with Gasteiger partial charge in [-0.3, -0.25) is 4.79 Å². The van der Waals surface area contributed by atoms with Crippen LogP contribution in [0.1, 0.15) is 28.4 Å². The molecule has 3 aromatic rings. The number of hydrogen-bond acceptors (Lipinski definition) is 3. The van der Waals surface area contributed by atoms with Crippen LogP contribution >= 0.6 is 11.6 Å². The SMILES string of the molecule is C/C(=N/N=C(\C(=O)c1ccccc1)c1ccccc1)c1ccc(Cl)cc1. The molecule has 4 heteroatoms. The molecule has 0 heterocycles. The van der Waals surface area contributed by atoms with Crippen LogP contribution in [-0.2, 0) is 0 Å². The van der Waals surface area contributed by atoms with Crippen LogP contribution < -0.4 is 0 Å². The Labute approximate surface area is 157 Å². The van der Waals surface area contributed by atoms with E-state index in [1.54, 1.807) is 24.3 Å². The van der Waals surface area contributed by atoms with E-state index in [1.807, 2.05) is 67.6 Å². The molecule has 3 rings (SSSR count). The number of carbonyl (C=O) groups excluding carboxylic acids is 1. The fourth-order valence-electron chi connectivity index (χ4n) is 2.43. The monoisotopic (exact) mass is 360 g/mol. The van der Waals surface area contributed by atoms with Crippen molar-refractivity contribution in [3.8, 4) is 0 Å². The second-order valence-corrected chi connectivity index (χ2v) is 6.14. The number of halogens is 1. The summed E-state index contributed by atoms with van der Waals surface area (Å²) >= 11 is 5.92. The lowest BCUT2D eigenvalue weighted by Gasteiger charge is -2.05. The molecule has 0 aromatic heterocycles. The summed E-state index contributed by atoms with van der Waals surface area (Å²) in [5.74, 6) is -0.163. The van der Waals surface area contributed by atoms with E-state index in [-0.39, 0.29) is 5.78 Å². The number of benzene rings is 3. The summed E-state index contributed by atoms with van der Waals surface area (Å²) in [7, 11) is 0. The Balaban J connectivity index is 2.00. The van der Waals surface area contributed by atoms with Gasteiger partial charge in [-0.15, -0.1) is 5.10 Å². The van der Waals surface area contributed by atoms with Crippen molar-refractivity contribution in [2.75, 3.05) is 0 Å². The summed E-state index contributed by atoms with van der Waals surface area (Å²) < 4.78 is 0. The summed E-state index contributed by atoms with van der Waals surface area (Å²) in [6, 6.07) is 25.8. The van der Waals surface area contributed by atoms with Gasteiger partial charge in [0.25, 0.3) is 0 Å². The molecule has 128 valence electrons. The van der Waals surface area contributed by atoms with Crippen molar-refractivity contribution in [2.45, 2.75) is 6.92 Å². The first-order valence-electron chi connectivity index (χ1n) is 8.18. The molecule has 0 saturated carbocycles. The van der Waals surface area contributed by atoms with Gasteiger partial charge in [0.05, 0.1) is 5.71 Å². The Bertz CT molecular complexity index is 946. The summed E-state index contributed by atoms with van der Waals surface area (Å²) in [6.45, 7) is 1.85. The van der Waals surface area contributed by atoms with Crippen molar-refractivity contribution < 1.29 is 4.79 Å². The maximum Gasteiger partial charge on any atom is 0.213 e. The highest BCUT2D eigenvalue weighted by Gasteiger charge is 2.16. The summed E-state index contributed by atoms with van der Waals surface area (Å²) in [5.41, 5.74) is 3.22. The molecular formula is C22H17ClN2O. The first-order valence-corrected chi connectivity index (χ1v) is 8.56.